The molecule has 0 aromatic rings. The molecule has 0 bridgehead atoms. The van der Waals surface area contributed by atoms with Gasteiger partial charge in [0.15, 0.2) is 0 Å². The highest BCUT2D eigenvalue weighted by Crippen LogP contribution is 2.46. The van der Waals surface area contributed by atoms with Gasteiger partial charge in [-0.2, -0.15) is 0 Å². The SMILES string of the molecule is CCC(C)(CC)C1C=CC1(C)N. The van der Waals surface area contributed by atoms with Crippen LogP contribution < -0.4 is 5.73 Å². The molecule has 70 valence electrons. The van der Waals surface area contributed by atoms with Crippen molar-refractivity contribution in [2.45, 2.75) is 46.1 Å². The molecule has 0 amide bonds. The lowest BCUT2D eigenvalue weighted by Crippen LogP contribution is -2.53. The van der Waals surface area contributed by atoms with E-state index in [0.717, 1.165) is 0 Å². The van der Waals surface area contributed by atoms with Crippen molar-refractivity contribution in [3.8, 4) is 0 Å². The number of rotatable bonds is 3. The van der Waals surface area contributed by atoms with Crippen LogP contribution in [-0.4, -0.2) is 5.54 Å². The first kappa shape index (κ1) is 9.79. The van der Waals surface area contributed by atoms with Crippen molar-refractivity contribution in [2.24, 2.45) is 17.1 Å². The minimum Gasteiger partial charge on any atom is -0.322 e. The molecule has 1 nitrogen and oxygen atoms in total. The van der Waals surface area contributed by atoms with E-state index in [1.165, 1.54) is 12.8 Å². The molecule has 2 N–H and O–H groups in total. The lowest BCUT2D eigenvalue weighted by atomic mass is 9.60. The highest BCUT2D eigenvalue weighted by Gasteiger charge is 2.43. The number of nitrogens with two attached hydrogens (primary N) is 1. The summed E-state index contributed by atoms with van der Waals surface area (Å²) in [5, 5.41) is 0. The van der Waals surface area contributed by atoms with E-state index in [0.29, 0.717) is 11.3 Å². The Morgan fingerprint density at radius 1 is 1.42 bits per heavy atom. The minimum atomic E-state index is -0.0548. The monoisotopic (exact) mass is 167 g/mol. The molecular formula is C11H21N. The average Bonchev–Trinajstić information content (AvgIpc) is 2.02. The Labute approximate surface area is 76.0 Å². The summed E-state index contributed by atoms with van der Waals surface area (Å²) in [5.74, 6) is 0.569. The molecule has 0 heterocycles. The van der Waals surface area contributed by atoms with Crippen molar-refractivity contribution in [2.75, 3.05) is 0 Å². The molecule has 0 saturated carbocycles. The molecule has 0 aromatic carbocycles. The standard InChI is InChI=1S/C11H21N/c1-5-10(3,6-2)9-7-8-11(9,4)12/h7-9H,5-6,12H2,1-4H3. The molecular weight excluding hydrogens is 146 g/mol. The van der Waals surface area contributed by atoms with Gasteiger partial charge in [0, 0.05) is 11.5 Å². The number of hydrogen-bond donors (Lipinski definition) is 1. The molecule has 2 unspecified atom stereocenters. The zero-order valence-electron chi connectivity index (χ0n) is 8.72. The quantitative estimate of drug-likeness (QED) is 0.643. The van der Waals surface area contributed by atoms with Crippen molar-refractivity contribution in [3.05, 3.63) is 12.2 Å². The van der Waals surface area contributed by atoms with E-state index in [1.54, 1.807) is 0 Å². The summed E-state index contributed by atoms with van der Waals surface area (Å²) in [6.07, 6.45) is 6.82. The van der Waals surface area contributed by atoms with Gasteiger partial charge in [-0.15, -0.1) is 0 Å². The normalized spacial score (nSPS) is 34.9. The Balaban J connectivity index is 2.77. The summed E-state index contributed by atoms with van der Waals surface area (Å²) in [6, 6.07) is 0. The van der Waals surface area contributed by atoms with E-state index >= 15 is 0 Å². The van der Waals surface area contributed by atoms with E-state index in [4.69, 9.17) is 5.73 Å². The van der Waals surface area contributed by atoms with Gasteiger partial charge in [0.05, 0.1) is 0 Å². The Morgan fingerprint density at radius 2 is 1.92 bits per heavy atom. The van der Waals surface area contributed by atoms with Crippen molar-refractivity contribution in [1.29, 1.82) is 0 Å². The van der Waals surface area contributed by atoms with Gasteiger partial charge in [-0.05, 0) is 12.3 Å². The Morgan fingerprint density at radius 3 is 2.00 bits per heavy atom. The van der Waals surface area contributed by atoms with Gasteiger partial charge in [-0.1, -0.05) is 45.8 Å². The molecule has 12 heavy (non-hydrogen) atoms. The predicted molar refractivity (Wildman–Crippen MR) is 53.9 cm³/mol. The Kier molecular flexibility index (Phi) is 2.35. The summed E-state index contributed by atoms with van der Waals surface area (Å²) < 4.78 is 0. The van der Waals surface area contributed by atoms with Gasteiger partial charge in [0.2, 0.25) is 0 Å². The fraction of sp³-hybridized carbons (Fsp3) is 0.818. The predicted octanol–water partition coefficient (Wildman–Crippen LogP) is 2.72. The summed E-state index contributed by atoms with van der Waals surface area (Å²) in [4.78, 5) is 0. The van der Waals surface area contributed by atoms with Crippen molar-refractivity contribution < 1.29 is 0 Å². The van der Waals surface area contributed by atoms with Crippen LogP contribution in [0.1, 0.15) is 40.5 Å². The van der Waals surface area contributed by atoms with E-state index < -0.39 is 0 Å². The summed E-state index contributed by atoms with van der Waals surface area (Å²) in [5.41, 5.74) is 6.46. The highest BCUT2D eigenvalue weighted by molar-refractivity contribution is 5.24. The van der Waals surface area contributed by atoms with E-state index in [1.807, 2.05) is 0 Å². The van der Waals surface area contributed by atoms with Crippen molar-refractivity contribution in [3.63, 3.8) is 0 Å². The topological polar surface area (TPSA) is 26.0 Å². The van der Waals surface area contributed by atoms with Crippen LogP contribution in [0, 0.1) is 11.3 Å². The van der Waals surface area contributed by atoms with Gasteiger partial charge in [0.25, 0.3) is 0 Å². The first-order valence-electron chi connectivity index (χ1n) is 4.94. The van der Waals surface area contributed by atoms with Crippen LogP contribution >= 0.6 is 0 Å². The average molecular weight is 167 g/mol. The van der Waals surface area contributed by atoms with Crippen LogP contribution in [0.2, 0.25) is 0 Å². The lowest BCUT2D eigenvalue weighted by molar-refractivity contribution is 0.136. The van der Waals surface area contributed by atoms with Crippen molar-refractivity contribution in [1.82, 2.24) is 0 Å². The van der Waals surface area contributed by atoms with Gasteiger partial charge < -0.3 is 5.73 Å². The van der Waals surface area contributed by atoms with Crippen LogP contribution in [0.4, 0.5) is 0 Å². The molecule has 0 aliphatic heterocycles. The summed E-state index contributed by atoms with van der Waals surface area (Å²) >= 11 is 0. The van der Waals surface area contributed by atoms with Gasteiger partial charge in [0.1, 0.15) is 0 Å². The zero-order valence-corrected chi connectivity index (χ0v) is 8.72. The van der Waals surface area contributed by atoms with Crippen LogP contribution in [0.5, 0.6) is 0 Å². The maximum atomic E-state index is 6.12. The molecule has 0 radical (unpaired) electrons. The highest BCUT2D eigenvalue weighted by atomic mass is 14.8. The Bertz CT molecular complexity index is 187. The fourth-order valence-corrected chi connectivity index (χ4v) is 2.17. The lowest BCUT2D eigenvalue weighted by Gasteiger charge is -2.48. The van der Waals surface area contributed by atoms with E-state index in [2.05, 4.69) is 39.8 Å². The molecule has 1 rings (SSSR count). The molecule has 0 fully saturated rings. The minimum absolute atomic E-state index is 0.0548. The second-order valence-electron chi connectivity index (χ2n) is 4.56. The first-order valence-corrected chi connectivity index (χ1v) is 4.94. The molecule has 0 aromatic heterocycles. The second kappa shape index (κ2) is 2.88. The third-order valence-electron chi connectivity index (χ3n) is 3.68. The van der Waals surface area contributed by atoms with Crippen LogP contribution in [-0.2, 0) is 0 Å². The summed E-state index contributed by atoms with van der Waals surface area (Å²) in [6.45, 7) is 8.98. The van der Waals surface area contributed by atoms with E-state index in [-0.39, 0.29) is 5.54 Å². The zero-order chi connectivity index (χ0) is 9.41. The largest absolute Gasteiger partial charge is 0.322 e. The maximum Gasteiger partial charge on any atom is 0.0379 e. The molecule has 1 aliphatic rings. The smallest absolute Gasteiger partial charge is 0.0379 e. The van der Waals surface area contributed by atoms with Gasteiger partial charge in [-0.25, -0.2) is 0 Å². The maximum absolute atomic E-state index is 6.12. The van der Waals surface area contributed by atoms with Crippen molar-refractivity contribution >= 4 is 0 Å². The molecule has 2 atom stereocenters. The number of hydrogen-bond acceptors (Lipinski definition) is 1. The van der Waals surface area contributed by atoms with Crippen LogP contribution in [0.15, 0.2) is 12.2 Å². The van der Waals surface area contributed by atoms with E-state index in [9.17, 15) is 0 Å². The van der Waals surface area contributed by atoms with Gasteiger partial charge in [-0.3, -0.25) is 0 Å². The fourth-order valence-electron chi connectivity index (χ4n) is 2.17. The third-order valence-corrected chi connectivity index (χ3v) is 3.68. The Hall–Kier alpha value is -0.300. The first-order chi connectivity index (χ1) is 5.46. The van der Waals surface area contributed by atoms with Crippen LogP contribution in [0.3, 0.4) is 0 Å². The third kappa shape index (κ3) is 1.31. The van der Waals surface area contributed by atoms with Gasteiger partial charge >= 0.3 is 0 Å². The molecule has 1 aliphatic carbocycles. The summed E-state index contributed by atoms with van der Waals surface area (Å²) in [7, 11) is 0. The molecule has 1 heteroatoms. The van der Waals surface area contributed by atoms with Crippen LogP contribution in [0.25, 0.3) is 0 Å². The molecule has 0 saturated heterocycles. The second-order valence-corrected chi connectivity index (χ2v) is 4.56. The molecule has 0 spiro atoms.